The van der Waals surface area contributed by atoms with Crippen molar-refractivity contribution >= 4 is 11.6 Å². The van der Waals surface area contributed by atoms with Crippen LogP contribution in [-0.4, -0.2) is 30.1 Å². The third-order valence-electron chi connectivity index (χ3n) is 2.26. The maximum atomic E-state index is 11.6. The van der Waals surface area contributed by atoms with Crippen molar-refractivity contribution in [2.45, 2.75) is 32.8 Å². The van der Waals surface area contributed by atoms with Gasteiger partial charge in [-0.3, -0.25) is 4.79 Å². The fourth-order valence-corrected chi connectivity index (χ4v) is 1.39. The number of carbonyl (C=O) groups is 1. The lowest BCUT2D eigenvalue weighted by Crippen LogP contribution is -2.25. The lowest BCUT2D eigenvalue weighted by molar-refractivity contribution is 0.0754. The van der Waals surface area contributed by atoms with Crippen LogP contribution in [0.1, 0.15) is 37.2 Å². The second-order valence-corrected chi connectivity index (χ2v) is 4.23. The van der Waals surface area contributed by atoms with Gasteiger partial charge >= 0.3 is 0 Å². The Bertz CT molecular complexity index is 347. The number of rotatable bonds is 7. The number of aromatic amines is 1. The van der Waals surface area contributed by atoms with E-state index in [0.29, 0.717) is 17.9 Å². The van der Waals surface area contributed by atoms with Gasteiger partial charge in [-0.2, -0.15) is 0 Å². The second-order valence-electron chi connectivity index (χ2n) is 4.23. The molecule has 96 valence electrons. The van der Waals surface area contributed by atoms with Gasteiger partial charge in [-0.25, -0.2) is 0 Å². The van der Waals surface area contributed by atoms with Crippen LogP contribution in [0.15, 0.2) is 12.3 Å². The van der Waals surface area contributed by atoms with Crippen molar-refractivity contribution in [3.05, 3.63) is 18.0 Å². The lowest BCUT2D eigenvalue weighted by atomic mass is 10.3. The average Bonchev–Trinajstić information content (AvgIpc) is 2.69. The van der Waals surface area contributed by atoms with Gasteiger partial charge in [0.15, 0.2) is 0 Å². The zero-order valence-corrected chi connectivity index (χ0v) is 10.5. The summed E-state index contributed by atoms with van der Waals surface area (Å²) in [5, 5.41) is 2.82. The number of hydrogen-bond acceptors (Lipinski definition) is 3. The van der Waals surface area contributed by atoms with Gasteiger partial charge in [-0.05, 0) is 32.8 Å². The van der Waals surface area contributed by atoms with Crippen molar-refractivity contribution in [3.63, 3.8) is 0 Å². The average molecular weight is 239 g/mol. The van der Waals surface area contributed by atoms with E-state index in [1.807, 2.05) is 13.8 Å². The highest BCUT2D eigenvalue weighted by molar-refractivity contribution is 5.93. The van der Waals surface area contributed by atoms with Gasteiger partial charge in [-0.15, -0.1) is 0 Å². The number of nitrogens with two attached hydrogens (primary N) is 1. The molecule has 0 aliphatic heterocycles. The molecule has 1 aromatic heterocycles. The summed E-state index contributed by atoms with van der Waals surface area (Å²) in [5.41, 5.74) is 6.58. The first-order valence-electron chi connectivity index (χ1n) is 5.93. The minimum absolute atomic E-state index is 0.119. The summed E-state index contributed by atoms with van der Waals surface area (Å²) in [6.07, 6.45) is 3.73. The molecule has 0 aromatic carbocycles. The van der Waals surface area contributed by atoms with Gasteiger partial charge < -0.3 is 20.8 Å². The molecule has 0 radical (unpaired) electrons. The zero-order chi connectivity index (χ0) is 12.7. The molecule has 0 aliphatic carbocycles. The van der Waals surface area contributed by atoms with Crippen LogP contribution in [0, 0.1) is 0 Å². The number of unbranched alkanes of at least 4 members (excludes halogenated alkanes) is 1. The lowest BCUT2D eigenvalue weighted by Gasteiger charge is -2.07. The quantitative estimate of drug-likeness (QED) is 0.631. The fourth-order valence-electron chi connectivity index (χ4n) is 1.39. The maximum absolute atomic E-state index is 11.6. The van der Waals surface area contributed by atoms with E-state index in [0.717, 1.165) is 19.4 Å². The predicted octanol–water partition coefficient (Wildman–Crippen LogP) is 1.53. The van der Waals surface area contributed by atoms with E-state index in [2.05, 4.69) is 10.3 Å². The van der Waals surface area contributed by atoms with Crippen molar-refractivity contribution in [2.24, 2.45) is 0 Å². The summed E-state index contributed by atoms with van der Waals surface area (Å²) in [5.74, 6) is -0.119. The third-order valence-corrected chi connectivity index (χ3v) is 2.26. The minimum atomic E-state index is -0.119. The number of aromatic nitrogens is 1. The summed E-state index contributed by atoms with van der Waals surface area (Å²) >= 11 is 0. The van der Waals surface area contributed by atoms with Crippen LogP contribution in [0.2, 0.25) is 0 Å². The molecule has 1 amide bonds. The summed E-state index contributed by atoms with van der Waals surface area (Å²) in [4.78, 5) is 14.4. The molecule has 0 saturated heterocycles. The van der Waals surface area contributed by atoms with E-state index in [4.69, 9.17) is 10.5 Å². The summed E-state index contributed by atoms with van der Waals surface area (Å²) in [6.45, 7) is 5.41. The first kappa shape index (κ1) is 13.6. The van der Waals surface area contributed by atoms with Crippen LogP contribution < -0.4 is 11.1 Å². The van der Waals surface area contributed by atoms with Gasteiger partial charge in [0.05, 0.1) is 6.10 Å². The van der Waals surface area contributed by atoms with Crippen LogP contribution in [0.25, 0.3) is 0 Å². The SMILES string of the molecule is CC(C)OCCCCNC(=O)c1cc(N)c[nH]1. The predicted molar refractivity (Wildman–Crippen MR) is 67.9 cm³/mol. The van der Waals surface area contributed by atoms with Crippen molar-refractivity contribution in [1.82, 2.24) is 10.3 Å². The number of amides is 1. The molecule has 0 atom stereocenters. The van der Waals surface area contributed by atoms with E-state index < -0.39 is 0 Å². The number of carbonyl (C=O) groups excluding carboxylic acids is 1. The molecule has 0 spiro atoms. The molecule has 0 saturated carbocycles. The number of H-pyrrole nitrogens is 1. The van der Waals surface area contributed by atoms with Crippen LogP contribution in [0.5, 0.6) is 0 Å². The Morgan fingerprint density at radius 3 is 2.88 bits per heavy atom. The van der Waals surface area contributed by atoms with E-state index in [-0.39, 0.29) is 12.0 Å². The van der Waals surface area contributed by atoms with Gasteiger partial charge in [-0.1, -0.05) is 0 Å². The van der Waals surface area contributed by atoms with E-state index in [1.54, 1.807) is 12.3 Å². The van der Waals surface area contributed by atoms with Crippen molar-refractivity contribution < 1.29 is 9.53 Å². The Hall–Kier alpha value is -1.49. The number of hydrogen-bond donors (Lipinski definition) is 3. The van der Waals surface area contributed by atoms with Crippen LogP contribution in [-0.2, 0) is 4.74 Å². The first-order chi connectivity index (χ1) is 8.09. The molecular weight excluding hydrogens is 218 g/mol. The Morgan fingerprint density at radius 2 is 2.29 bits per heavy atom. The van der Waals surface area contributed by atoms with Gasteiger partial charge in [0.2, 0.25) is 0 Å². The molecule has 1 heterocycles. The molecule has 1 aromatic rings. The van der Waals surface area contributed by atoms with E-state index in [1.165, 1.54) is 0 Å². The number of anilines is 1. The monoisotopic (exact) mass is 239 g/mol. The molecule has 4 N–H and O–H groups in total. The minimum Gasteiger partial charge on any atom is -0.397 e. The van der Waals surface area contributed by atoms with Crippen LogP contribution in [0.3, 0.4) is 0 Å². The van der Waals surface area contributed by atoms with Crippen molar-refractivity contribution in [1.29, 1.82) is 0 Å². The second kappa shape index (κ2) is 6.96. The molecule has 0 bridgehead atoms. The molecule has 0 fully saturated rings. The summed E-state index contributed by atoms with van der Waals surface area (Å²) < 4.78 is 5.40. The van der Waals surface area contributed by atoms with E-state index >= 15 is 0 Å². The Balaban J connectivity index is 2.09. The maximum Gasteiger partial charge on any atom is 0.267 e. The smallest absolute Gasteiger partial charge is 0.267 e. The largest absolute Gasteiger partial charge is 0.397 e. The van der Waals surface area contributed by atoms with Crippen molar-refractivity contribution in [2.75, 3.05) is 18.9 Å². The number of nitrogens with one attached hydrogen (secondary N) is 2. The molecule has 1 rings (SSSR count). The van der Waals surface area contributed by atoms with Gasteiger partial charge in [0.25, 0.3) is 5.91 Å². The Morgan fingerprint density at radius 1 is 1.53 bits per heavy atom. The van der Waals surface area contributed by atoms with E-state index in [9.17, 15) is 4.79 Å². The topological polar surface area (TPSA) is 80.1 Å². The Labute approximate surface area is 102 Å². The molecular formula is C12H21N3O2. The Kier molecular flexibility index (Phi) is 5.56. The summed E-state index contributed by atoms with van der Waals surface area (Å²) in [6, 6.07) is 1.62. The standard InChI is InChI=1S/C12H21N3O2/c1-9(2)17-6-4-3-5-14-12(16)11-7-10(13)8-15-11/h7-9,15H,3-6,13H2,1-2H3,(H,14,16). The van der Waals surface area contributed by atoms with Crippen LogP contribution in [0.4, 0.5) is 5.69 Å². The highest BCUT2D eigenvalue weighted by Crippen LogP contribution is 2.04. The van der Waals surface area contributed by atoms with Gasteiger partial charge in [0, 0.05) is 25.0 Å². The fraction of sp³-hybridized carbons (Fsp3) is 0.583. The van der Waals surface area contributed by atoms with Crippen LogP contribution >= 0.6 is 0 Å². The molecule has 5 nitrogen and oxygen atoms in total. The first-order valence-corrected chi connectivity index (χ1v) is 5.93. The van der Waals surface area contributed by atoms with Gasteiger partial charge in [0.1, 0.15) is 5.69 Å². The molecule has 0 unspecified atom stereocenters. The molecule has 17 heavy (non-hydrogen) atoms. The zero-order valence-electron chi connectivity index (χ0n) is 10.5. The molecule has 0 aliphatic rings. The molecule has 5 heteroatoms. The third kappa shape index (κ3) is 5.40. The normalized spacial score (nSPS) is 10.8. The number of nitrogen functional groups attached to an aromatic ring is 1. The highest BCUT2D eigenvalue weighted by Gasteiger charge is 2.06. The highest BCUT2D eigenvalue weighted by atomic mass is 16.5. The summed E-state index contributed by atoms with van der Waals surface area (Å²) in [7, 11) is 0. The van der Waals surface area contributed by atoms with Crippen molar-refractivity contribution in [3.8, 4) is 0 Å². The number of ether oxygens (including phenoxy) is 1.